The summed E-state index contributed by atoms with van der Waals surface area (Å²) in [5.41, 5.74) is 0.953. The number of likely N-dealkylation sites (N-methyl/N-ethyl adjacent to an activating group) is 1. The van der Waals surface area contributed by atoms with Gasteiger partial charge in [0.25, 0.3) is 0 Å². The van der Waals surface area contributed by atoms with Crippen LogP contribution in [0.25, 0.3) is 0 Å². The molecule has 1 aliphatic heterocycles. The summed E-state index contributed by atoms with van der Waals surface area (Å²) in [5, 5.41) is 3.67. The summed E-state index contributed by atoms with van der Waals surface area (Å²) in [7, 11) is 2.06. The number of nitrogens with one attached hydrogen (secondary N) is 2. The van der Waals surface area contributed by atoms with Crippen molar-refractivity contribution in [2.24, 2.45) is 0 Å². The zero-order chi connectivity index (χ0) is 14.8. The Morgan fingerprint density at radius 3 is 3.10 bits per heavy atom. The van der Waals surface area contributed by atoms with Gasteiger partial charge in [-0.15, -0.1) is 0 Å². The lowest BCUT2D eigenvalue weighted by Crippen LogP contribution is -2.34. The average molecular weight is 309 g/mol. The predicted octanol–water partition coefficient (Wildman–Crippen LogP) is 2.74. The number of aromatic nitrogens is 2. The third-order valence-electron chi connectivity index (χ3n) is 4.02. The van der Waals surface area contributed by atoms with Crippen molar-refractivity contribution in [1.82, 2.24) is 20.2 Å². The van der Waals surface area contributed by atoms with Crippen molar-refractivity contribution in [2.45, 2.75) is 25.0 Å². The Balaban J connectivity index is 1.75. The molecular formula is C15H18ClFN4. The van der Waals surface area contributed by atoms with Gasteiger partial charge in [0.05, 0.1) is 11.6 Å². The largest absolute Gasteiger partial charge is 0.348 e. The summed E-state index contributed by atoms with van der Waals surface area (Å²) < 4.78 is 13.7. The van der Waals surface area contributed by atoms with Crippen molar-refractivity contribution in [3.8, 4) is 0 Å². The Labute approximate surface area is 128 Å². The highest BCUT2D eigenvalue weighted by atomic mass is 35.5. The molecule has 1 fully saturated rings. The smallest absolute Gasteiger partial charge is 0.142 e. The van der Waals surface area contributed by atoms with Gasteiger partial charge in [-0.2, -0.15) is 0 Å². The van der Waals surface area contributed by atoms with E-state index in [4.69, 9.17) is 11.6 Å². The molecule has 1 aromatic carbocycles. The zero-order valence-electron chi connectivity index (χ0n) is 11.8. The first kappa shape index (κ1) is 14.5. The highest BCUT2D eigenvalue weighted by Crippen LogP contribution is 2.32. The summed E-state index contributed by atoms with van der Waals surface area (Å²) >= 11 is 5.77. The van der Waals surface area contributed by atoms with Crippen LogP contribution in [-0.4, -0.2) is 34.5 Å². The second-order valence-corrected chi connectivity index (χ2v) is 5.82. The number of imidazole rings is 1. The molecule has 2 atom stereocenters. The summed E-state index contributed by atoms with van der Waals surface area (Å²) in [5.74, 6) is 0.546. The van der Waals surface area contributed by atoms with Gasteiger partial charge in [-0.1, -0.05) is 17.7 Å². The standard InChI is InChI=1S/C15H18ClFN4/c1-21-7-4-13(20-9-14-18-5-6-19-14)15(21)10-2-3-11(16)12(17)8-10/h2-3,5-6,8,13,15,20H,4,7,9H2,1H3,(H,18,19)/t13-,15+/m1/s1. The molecule has 21 heavy (non-hydrogen) atoms. The molecule has 0 radical (unpaired) electrons. The molecule has 0 unspecified atom stereocenters. The van der Waals surface area contributed by atoms with Gasteiger partial charge in [-0.05, 0) is 31.2 Å². The molecule has 4 nitrogen and oxygen atoms in total. The normalized spacial score (nSPS) is 22.8. The number of hydrogen-bond acceptors (Lipinski definition) is 3. The average Bonchev–Trinajstić information content (AvgIpc) is 3.09. The first-order valence-electron chi connectivity index (χ1n) is 7.02. The first-order chi connectivity index (χ1) is 10.1. The fraction of sp³-hybridized carbons (Fsp3) is 0.400. The molecule has 0 bridgehead atoms. The lowest BCUT2D eigenvalue weighted by Gasteiger charge is -2.26. The molecule has 0 saturated carbocycles. The monoisotopic (exact) mass is 308 g/mol. The first-order valence-corrected chi connectivity index (χ1v) is 7.40. The minimum absolute atomic E-state index is 0.145. The van der Waals surface area contributed by atoms with Crippen molar-refractivity contribution in [3.05, 3.63) is 52.8 Å². The number of nitrogens with zero attached hydrogens (tertiary/aromatic N) is 2. The molecule has 0 spiro atoms. The van der Waals surface area contributed by atoms with Gasteiger partial charge >= 0.3 is 0 Å². The van der Waals surface area contributed by atoms with Crippen LogP contribution < -0.4 is 5.32 Å². The molecule has 0 amide bonds. The molecule has 2 N–H and O–H groups in total. The highest BCUT2D eigenvalue weighted by molar-refractivity contribution is 6.30. The second-order valence-electron chi connectivity index (χ2n) is 5.41. The number of benzene rings is 1. The minimum Gasteiger partial charge on any atom is -0.348 e. The third kappa shape index (κ3) is 3.10. The maximum Gasteiger partial charge on any atom is 0.142 e. The zero-order valence-corrected chi connectivity index (χ0v) is 12.6. The second kappa shape index (κ2) is 6.13. The topological polar surface area (TPSA) is 44.0 Å². The van der Waals surface area contributed by atoms with Crippen LogP contribution >= 0.6 is 11.6 Å². The Bertz CT molecular complexity index is 602. The fourth-order valence-corrected chi connectivity index (χ4v) is 3.08. The van der Waals surface area contributed by atoms with E-state index < -0.39 is 0 Å². The number of hydrogen-bond donors (Lipinski definition) is 2. The van der Waals surface area contributed by atoms with E-state index in [-0.39, 0.29) is 22.9 Å². The van der Waals surface area contributed by atoms with E-state index in [1.165, 1.54) is 6.07 Å². The lowest BCUT2D eigenvalue weighted by molar-refractivity contribution is 0.285. The van der Waals surface area contributed by atoms with Gasteiger partial charge in [0.2, 0.25) is 0 Å². The van der Waals surface area contributed by atoms with E-state index in [0.29, 0.717) is 6.54 Å². The summed E-state index contributed by atoms with van der Waals surface area (Å²) in [6, 6.07) is 5.48. The van der Waals surface area contributed by atoms with E-state index in [1.54, 1.807) is 12.3 Å². The van der Waals surface area contributed by atoms with Crippen molar-refractivity contribution in [3.63, 3.8) is 0 Å². The van der Waals surface area contributed by atoms with Crippen molar-refractivity contribution in [2.75, 3.05) is 13.6 Å². The number of aromatic amines is 1. The fourth-order valence-electron chi connectivity index (χ4n) is 2.97. The molecular weight excluding hydrogens is 291 g/mol. The van der Waals surface area contributed by atoms with E-state index in [9.17, 15) is 4.39 Å². The SMILES string of the molecule is CN1CC[C@@H](NCc2ncc[nH]2)[C@@H]1c1ccc(Cl)c(F)c1. The van der Waals surface area contributed by atoms with Crippen LogP contribution in [0.15, 0.2) is 30.6 Å². The Morgan fingerprint density at radius 2 is 2.38 bits per heavy atom. The molecule has 3 rings (SSSR count). The van der Waals surface area contributed by atoms with E-state index in [1.807, 2.05) is 12.3 Å². The van der Waals surface area contributed by atoms with Crippen molar-refractivity contribution in [1.29, 1.82) is 0 Å². The molecule has 112 valence electrons. The van der Waals surface area contributed by atoms with Crippen LogP contribution in [0.2, 0.25) is 5.02 Å². The number of H-pyrrole nitrogens is 1. The molecule has 1 aliphatic rings. The maximum atomic E-state index is 13.7. The van der Waals surface area contributed by atoms with E-state index in [0.717, 1.165) is 24.4 Å². The maximum absolute atomic E-state index is 13.7. The molecule has 6 heteroatoms. The van der Waals surface area contributed by atoms with Crippen LogP contribution in [0, 0.1) is 5.82 Å². The van der Waals surface area contributed by atoms with Crippen molar-refractivity contribution >= 4 is 11.6 Å². The minimum atomic E-state index is -0.362. The van der Waals surface area contributed by atoms with Gasteiger partial charge in [-0.25, -0.2) is 9.37 Å². The Hall–Kier alpha value is -1.43. The molecule has 0 aliphatic carbocycles. The lowest BCUT2D eigenvalue weighted by atomic mass is 10.00. The Kier molecular flexibility index (Phi) is 4.24. The third-order valence-corrected chi connectivity index (χ3v) is 4.33. The van der Waals surface area contributed by atoms with E-state index >= 15 is 0 Å². The van der Waals surface area contributed by atoms with Gasteiger partial charge < -0.3 is 10.3 Å². The number of likely N-dealkylation sites (tertiary alicyclic amines) is 1. The van der Waals surface area contributed by atoms with Crippen LogP contribution in [0.3, 0.4) is 0 Å². The van der Waals surface area contributed by atoms with Crippen LogP contribution in [0.5, 0.6) is 0 Å². The van der Waals surface area contributed by atoms with Gasteiger partial charge in [0.1, 0.15) is 11.6 Å². The summed E-state index contributed by atoms with van der Waals surface area (Å²) in [4.78, 5) is 9.53. The van der Waals surface area contributed by atoms with Gasteiger partial charge in [0, 0.05) is 31.0 Å². The highest BCUT2D eigenvalue weighted by Gasteiger charge is 2.33. The quantitative estimate of drug-likeness (QED) is 0.913. The molecule has 2 heterocycles. The van der Waals surface area contributed by atoms with E-state index in [2.05, 4.69) is 27.2 Å². The summed E-state index contributed by atoms with van der Waals surface area (Å²) in [6.45, 7) is 1.66. The Morgan fingerprint density at radius 1 is 1.52 bits per heavy atom. The van der Waals surface area contributed by atoms with Crippen LogP contribution in [0.1, 0.15) is 23.9 Å². The number of halogens is 2. The number of rotatable bonds is 4. The molecule has 2 aromatic rings. The van der Waals surface area contributed by atoms with Crippen LogP contribution in [0.4, 0.5) is 4.39 Å². The van der Waals surface area contributed by atoms with Crippen molar-refractivity contribution < 1.29 is 4.39 Å². The molecule has 1 saturated heterocycles. The van der Waals surface area contributed by atoms with Gasteiger partial charge in [-0.3, -0.25) is 4.90 Å². The van der Waals surface area contributed by atoms with Gasteiger partial charge in [0.15, 0.2) is 0 Å². The predicted molar refractivity (Wildman–Crippen MR) is 80.6 cm³/mol. The summed E-state index contributed by atoms with van der Waals surface area (Å²) in [6.07, 6.45) is 4.57. The van der Waals surface area contributed by atoms with Crippen LogP contribution in [-0.2, 0) is 6.54 Å². The molecule has 1 aromatic heterocycles.